The van der Waals surface area contributed by atoms with Crippen LogP contribution in [0.15, 0.2) is 36.7 Å². The largest absolute Gasteiger partial charge is 0.486 e. The molecule has 1 heterocycles. The Kier molecular flexibility index (Phi) is 3.51. The van der Waals surface area contributed by atoms with Crippen LogP contribution in [0.25, 0.3) is 0 Å². The SMILES string of the molecule is Cn1cc(OCc2ccc(CNC3CC3)cc2)cn1. The van der Waals surface area contributed by atoms with Crippen molar-refractivity contribution in [2.45, 2.75) is 32.0 Å². The Morgan fingerprint density at radius 2 is 2.00 bits per heavy atom. The maximum Gasteiger partial charge on any atom is 0.157 e. The van der Waals surface area contributed by atoms with Crippen molar-refractivity contribution in [1.82, 2.24) is 15.1 Å². The molecule has 1 N–H and O–H groups in total. The summed E-state index contributed by atoms with van der Waals surface area (Å²) in [4.78, 5) is 0. The third-order valence-electron chi connectivity index (χ3n) is 3.28. The van der Waals surface area contributed by atoms with Crippen LogP contribution in [0.3, 0.4) is 0 Å². The Hall–Kier alpha value is -1.81. The molecule has 19 heavy (non-hydrogen) atoms. The molecule has 0 spiro atoms. The van der Waals surface area contributed by atoms with E-state index in [2.05, 4.69) is 34.7 Å². The molecule has 1 aromatic carbocycles. The van der Waals surface area contributed by atoms with Gasteiger partial charge in [-0.05, 0) is 24.0 Å². The first-order chi connectivity index (χ1) is 9.29. The summed E-state index contributed by atoms with van der Waals surface area (Å²) in [6.45, 7) is 1.55. The number of ether oxygens (including phenoxy) is 1. The van der Waals surface area contributed by atoms with Crippen molar-refractivity contribution in [3.05, 3.63) is 47.8 Å². The Balaban J connectivity index is 1.50. The summed E-state index contributed by atoms with van der Waals surface area (Å²) >= 11 is 0. The lowest BCUT2D eigenvalue weighted by Crippen LogP contribution is -2.15. The summed E-state index contributed by atoms with van der Waals surface area (Å²) in [5, 5.41) is 7.58. The molecule has 1 aliphatic rings. The van der Waals surface area contributed by atoms with Crippen molar-refractivity contribution in [1.29, 1.82) is 0 Å². The lowest BCUT2D eigenvalue weighted by atomic mass is 10.1. The van der Waals surface area contributed by atoms with Crippen molar-refractivity contribution in [2.24, 2.45) is 7.05 Å². The molecule has 0 bridgehead atoms. The molecule has 0 amide bonds. The fourth-order valence-electron chi connectivity index (χ4n) is 1.94. The Labute approximate surface area is 113 Å². The van der Waals surface area contributed by atoms with Gasteiger partial charge < -0.3 is 10.1 Å². The highest BCUT2D eigenvalue weighted by Gasteiger charge is 2.19. The van der Waals surface area contributed by atoms with Gasteiger partial charge in [-0.15, -0.1) is 0 Å². The number of nitrogens with one attached hydrogen (secondary N) is 1. The van der Waals surface area contributed by atoms with Gasteiger partial charge in [0, 0.05) is 19.6 Å². The van der Waals surface area contributed by atoms with Gasteiger partial charge >= 0.3 is 0 Å². The van der Waals surface area contributed by atoms with Crippen LogP contribution in [0.5, 0.6) is 5.75 Å². The number of rotatable bonds is 6. The lowest BCUT2D eigenvalue weighted by molar-refractivity contribution is 0.306. The summed E-state index contributed by atoms with van der Waals surface area (Å²) in [5.74, 6) is 0.807. The van der Waals surface area contributed by atoms with Crippen molar-refractivity contribution >= 4 is 0 Å². The summed E-state index contributed by atoms with van der Waals surface area (Å²) < 4.78 is 7.40. The van der Waals surface area contributed by atoms with Gasteiger partial charge in [0.15, 0.2) is 5.75 Å². The molecule has 0 unspecified atom stereocenters. The van der Waals surface area contributed by atoms with E-state index in [-0.39, 0.29) is 0 Å². The predicted octanol–water partition coefficient (Wildman–Crippen LogP) is 2.25. The molecule has 1 fully saturated rings. The molecule has 4 heteroatoms. The third-order valence-corrected chi connectivity index (χ3v) is 3.28. The molecule has 0 saturated heterocycles. The van der Waals surface area contributed by atoms with E-state index >= 15 is 0 Å². The van der Waals surface area contributed by atoms with Gasteiger partial charge in [-0.1, -0.05) is 24.3 Å². The normalized spacial score (nSPS) is 14.6. The summed E-state index contributed by atoms with van der Waals surface area (Å²) in [7, 11) is 1.88. The quantitative estimate of drug-likeness (QED) is 0.862. The molecule has 0 atom stereocenters. The van der Waals surface area contributed by atoms with Crippen LogP contribution in [-0.2, 0) is 20.2 Å². The monoisotopic (exact) mass is 257 g/mol. The van der Waals surface area contributed by atoms with E-state index in [1.165, 1.54) is 24.0 Å². The smallest absolute Gasteiger partial charge is 0.157 e. The fourth-order valence-corrected chi connectivity index (χ4v) is 1.94. The highest BCUT2D eigenvalue weighted by atomic mass is 16.5. The molecule has 1 aliphatic carbocycles. The molecule has 1 aromatic heterocycles. The summed E-state index contributed by atoms with van der Waals surface area (Å²) in [6, 6.07) is 9.34. The van der Waals surface area contributed by atoms with Crippen LogP contribution in [0.1, 0.15) is 24.0 Å². The second-order valence-electron chi connectivity index (χ2n) is 5.11. The number of nitrogens with zero attached hydrogens (tertiary/aromatic N) is 2. The van der Waals surface area contributed by atoms with Gasteiger partial charge in [0.05, 0.1) is 12.4 Å². The summed E-state index contributed by atoms with van der Waals surface area (Å²) in [5.41, 5.74) is 2.51. The van der Waals surface area contributed by atoms with E-state index in [0.717, 1.165) is 18.3 Å². The van der Waals surface area contributed by atoms with Crippen LogP contribution in [0.4, 0.5) is 0 Å². The molecule has 0 radical (unpaired) electrons. The molecular formula is C15H19N3O. The number of aryl methyl sites for hydroxylation is 1. The molecule has 0 aliphatic heterocycles. The maximum absolute atomic E-state index is 5.66. The Morgan fingerprint density at radius 1 is 1.26 bits per heavy atom. The van der Waals surface area contributed by atoms with E-state index in [9.17, 15) is 0 Å². The fraction of sp³-hybridized carbons (Fsp3) is 0.400. The molecule has 100 valence electrons. The van der Waals surface area contributed by atoms with Crippen LogP contribution in [0, 0.1) is 0 Å². The van der Waals surface area contributed by atoms with E-state index in [1.54, 1.807) is 10.9 Å². The molecule has 2 aromatic rings. The van der Waals surface area contributed by atoms with Gasteiger partial charge in [-0.25, -0.2) is 0 Å². The highest BCUT2D eigenvalue weighted by Crippen LogP contribution is 2.19. The van der Waals surface area contributed by atoms with E-state index in [0.29, 0.717) is 6.61 Å². The van der Waals surface area contributed by atoms with E-state index in [1.807, 2.05) is 13.2 Å². The van der Waals surface area contributed by atoms with Crippen molar-refractivity contribution in [2.75, 3.05) is 0 Å². The molecule has 1 saturated carbocycles. The van der Waals surface area contributed by atoms with Gasteiger partial charge in [0.25, 0.3) is 0 Å². The number of hydrogen-bond donors (Lipinski definition) is 1. The predicted molar refractivity (Wildman–Crippen MR) is 73.8 cm³/mol. The zero-order chi connectivity index (χ0) is 13.1. The summed E-state index contributed by atoms with van der Waals surface area (Å²) in [6.07, 6.45) is 6.26. The second kappa shape index (κ2) is 5.45. The van der Waals surface area contributed by atoms with E-state index in [4.69, 9.17) is 4.74 Å². The Morgan fingerprint density at radius 3 is 2.63 bits per heavy atom. The van der Waals surface area contributed by atoms with Gasteiger partial charge in [-0.2, -0.15) is 5.10 Å². The maximum atomic E-state index is 5.66. The average molecular weight is 257 g/mol. The zero-order valence-corrected chi connectivity index (χ0v) is 11.2. The third kappa shape index (κ3) is 3.58. The first-order valence-corrected chi connectivity index (χ1v) is 6.72. The van der Waals surface area contributed by atoms with Gasteiger partial charge in [-0.3, -0.25) is 4.68 Å². The molecule has 3 rings (SSSR count). The average Bonchev–Trinajstić information content (AvgIpc) is 3.17. The lowest BCUT2D eigenvalue weighted by Gasteiger charge is -2.06. The van der Waals surface area contributed by atoms with Gasteiger partial charge in [0.1, 0.15) is 6.61 Å². The molecule has 4 nitrogen and oxygen atoms in total. The highest BCUT2D eigenvalue weighted by molar-refractivity contribution is 5.23. The van der Waals surface area contributed by atoms with Crippen molar-refractivity contribution in [3.8, 4) is 5.75 Å². The van der Waals surface area contributed by atoms with Crippen molar-refractivity contribution < 1.29 is 4.74 Å². The minimum Gasteiger partial charge on any atom is -0.486 e. The second-order valence-corrected chi connectivity index (χ2v) is 5.11. The number of hydrogen-bond acceptors (Lipinski definition) is 3. The first kappa shape index (κ1) is 12.2. The minimum absolute atomic E-state index is 0.585. The zero-order valence-electron chi connectivity index (χ0n) is 11.2. The Bertz CT molecular complexity index is 529. The van der Waals surface area contributed by atoms with Crippen LogP contribution in [0.2, 0.25) is 0 Å². The van der Waals surface area contributed by atoms with E-state index < -0.39 is 0 Å². The van der Waals surface area contributed by atoms with Crippen molar-refractivity contribution in [3.63, 3.8) is 0 Å². The number of benzene rings is 1. The first-order valence-electron chi connectivity index (χ1n) is 6.72. The van der Waals surface area contributed by atoms with Gasteiger partial charge in [0.2, 0.25) is 0 Å². The minimum atomic E-state index is 0.585. The topological polar surface area (TPSA) is 39.1 Å². The van der Waals surface area contributed by atoms with Crippen LogP contribution >= 0.6 is 0 Å². The molecular weight excluding hydrogens is 238 g/mol. The number of aromatic nitrogens is 2. The van der Waals surface area contributed by atoms with Crippen LogP contribution in [-0.4, -0.2) is 15.8 Å². The van der Waals surface area contributed by atoms with Crippen LogP contribution < -0.4 is 10.1 Å². The standard InChI is InChI=1S/C15H19N3O/c1-18-10-15(9-17-18)19-11-13-4-2-12(3-5-13)8-16-14-6-7-14/h2-5,9-10,14,16H,6-8,11H2,1H3.